The van der Waals surface area contributed by atoms with E-state index in [0.717, 1.165) is 23.9 Å². The van der Waals surface area contributed by atoms with E-state index in [9.17, 15) is 4.79 Å². The smallest absolute Gasteiger partial charge is 0.328 e. The quantitative estimate of drug-likeness (QED) is 0.765. The van der Waals surface area contributed by atoms with E-state index >= 15 is 0 Å². The molecule has 0 bridgehead atoms. The summed E-state index contributed by atoms with van der Waals surface area (Å²) in [6.07, 6.45) is 2.74. The monoisotopic (exact) mass is 235 g/mol. The first-order valence-electron chi connectivity index (χ1n) is 5.35. The highest BCUT2D eigenvalue weighted by Gasteiger charge is 2.04. The molecule has 1 rings (SSSR count). The molecule has 1 N–H and O–H groups in total. The second kappa shape index (κ2) is 6.70. The van der Waals surface area contributed by atoms with Crippen LogP contribution in [-0.4, -0.2) is 38.4 Å². The maximum absolute atomic E-state index is 10.5. The highest BCUT2D eigenvalue weighted by atomic mass is 16.5. The molecule has 0 saturated heterocycles. The zero-order valence-electron chi connectivity index (χ0n) is 10.1. The Morgan fingerprint density at radius 1 is 1.47 bits per heavy atom. The summed E-state index contributed by atoms with van der Waals surface area (Å²) >= 11 is 0. The molecular formula is C13H17NO3. The number of hydrogen-bond donors (Lipinski definition) is 1. The highest BCUT2D eigenvalue weighted by molar-refractivity contribution is 5.86. The normalized spacial score (nSPS) is 10.7. The molecule has 0 aliphatic heterocycles. The number of carboxylic acid groups (broad SMARTS) is 1. The van der Waals surface area contributed by atoms with Crippen LogP contribution >= 0.6 is 0 Å². The summed E-state index contributed by atoms with van der Waals surface area (Å²) in [7, 11) is 3.61. The number of carbonyl (C=O) groups is 1. The molecule has 0 aliphatic rings. The summed E-state index contributed by atoms with van der Waals surface area (Å²) in [5.41, 5.74) is 1.87. The van der Waals surface area contributed by atoms with Gasteiger partial charge in [0.15, 0.2) is 0 Å². The topological polar surface area (TPSA) is 49.8 Å². The molecule has 4 heteroatoms. The molecule has 1 aromatic carbocycles. The lowest BCUT2D eigenvalue weighted by Gasteiger charge is -2.20. The van der Waals surface area contributed by atoms with Gasteiger partial charge < -0.3 is 14.7 Å². The fraction of sp³-hybridized carbons (Fsp3) is 0.308. The number of carboxylic acids is 1. The third-order valence-corrected chi connectivity index (χ3v) is 2.38. The van der Waals surface area contributed by atoms with E-state index in [2.05, 4.69) is 0 Å². The Balaban J connectivity index is 2.87. The van der Waals surface area contributed by atoms with Crippen LogP contribution < -0.4 is 4.90 Å². The number of anilines is 1. The minimum atomic E-state index is -0.945. The molecular weight excluding hydrogens is 218 g/mol. The molecule has 0 saturated carbocycles. The predicted octanol–water partition coefficient (Wildman–Crippen LogP) is 1.87. The van der Waals surface area contributed by atoms with Crippen LogP contribution in [-0.2, 0) is 9.53 Å². The van der Waals surface area contributed by atoms with Gasteiger partial charge in [-0.15, -0.1) is 0 Å². The third kappa shape index (κ3) is 4.28. The number of hydrogen-bond acceptors (Lipinski definition) is 3. The highest BCUT2D eigenvalue weighted by Crippen LogP contribution is 2.20. The molecule has 0 aromatic heterocycles. The van der Waals surface area contributed by atoms with Gasteiger partial charge in [-0.2, -0.15) is 0 Å². The van der Waals surface area contributed by atoms with Crippen LogP contribution in [0, 0.1) is 0 Å². The van der Waals surface area contributed by atoms with Gasteiger partial charge in [0.1, 0.15) is 0 Å². The fourth-order valence-corrected chi connectivity index (χ4v) is 1.49. The first-order valence-corrected chi connectivity index (χ1v) is 5.35. The van der Waals surface area contributed by atoms with Crippen molar-refractivity contribution in [2.45, 2.75) is 0 Å². The van der Waals surface area contributed by atoms with E-state index < -0.39 is 5.97 Å². The van der Waals surface area contributed by atoms with Gasteiger partial charge in [-0.1, -0.05) is 18.2 Å². The van der Waals surface area contributed by atoms with Crippen molar-refractivity contribution < 1.29 is 14.6 Å². The van der Waals surface area contributed by atoms with Crippen LogP contribution in [0.4, 0.5) is 5.69 Å². The van der Waals surface area contributed by atoms with Crippen molar-refractivity contribution in [3.8, 4) is 0 Å². The van der Waals surface area contributed by atoms with Crippen LogP contribution in [0.2, 0.25) is 0 Å². The fourth-order valence-electron chi connectivity index (χ4n) is 1.49. The van der Waals surface area contributed by atoms with E-state index in [1.807, 2.05) is 36.2 Å². The summed E-state index contributed by atoms with van der Waals surface area (Å²) in [5.74, 6) is -0.945. The molecule has 0 spiro atoms. The number of benzene rings is 1. The largest absolute Gasteiger partial charge is 0.478 e. The second-order valence-corrected chi connectivity index (χ2v) is 3.64. The molecule has 0 aliphatic carbocycles. The molecule has 0 fully saturated rings. The van der Waals surface area contributed by atoms with Crippen molar-refractivity contribution in [2.24, 2.45) is 0 Å². The van der Waals surface area contributed by atoms with E-state index in [0.29, 0.717) is 6.61 Å². The molecule has 17 heavy (non-hydrogen) atoms. The predicted molar refractivity (Wildman–Crippen MR) is 68.3 cm³/mol. The lowest BCUT2D eigenvalue weighted by atomic mass is 10.1. The Labute approximate surface area is 101 Å². The van der Waals surface area contributed by atoms with E-state index in [4.69, 9.17) is 9.84 Å². The number of ether oxygens (including phenoxy) is 1. The number of methoxy groups -OCH3 is 1. The lowest BCUT2D eigenvalue weighted by Crippen LogP contribution is -2.22. The van der Waals surface area contributed by atoms with Gasteiger partial charge in [0.2, 0.25) is 0 Å². The van der Waals surface area contributed by atoms with Crippen LogP contribution in [0.3, 0.4) is 0 Å². The van der Waals surface area contributed by atoms with Gasteiger partial charge in [0.25, 0.3) is 0 Å². The van der Waals surface area contributed by atoms with Crippen LogP contribution in [0.15, 0.2) is 30.3 Å². The summed E-state index contributed by atoms with van der Waals surface area (Å²) < 4.78 is 5.02. The molecule has 1 aromatic rings. The van der Waals surface area contributed by atoms with Gasteiger partial charge in [-0.3, -0.25) is 0 Å². The molecule has 4 nitrogen and oxygen atoms in total. The SMILES string of the molecule is COCCN(C)c1ccccc1/C=C/C(=O)O. The Morgan fingerprint density at radius 3 is 2.82 bits per heavy atom. The maximum Gasteiger partial charge on any atom is 0.328 e. The van der Waals surface area contributed by atoms with Crippen molar-refractivity contribution in [3.05, 3.63) is 35.9 Å². The molecule has 0 unspecified atom stereocenters. The lowest BCUT2D eigenvalue weighted by molar-refractivity contribution is -0.131. The van der Waals surface area contributed by atoms with E-state index in [-0.39, 0.29) is 0 Å². The zero-order chi connectivity index (χ0) is 12.7. The minimum Gasteiger partial charge on any atom is -0.478 e. The van der Waals surface area contributed by atoms with Crippen LogP contribution in [0.1, 0.15) is 5.56 Å². The number of para-hydroxylation sites is 1. The molecule has 0 heterocycles. The molecule has 0 radical (unpaired) electrons. The van der Waals surface area contributed by atoms with Gasteiger partial charge >= 0.3 is 5.97 Å². The zero-order valence-corrected chi connectivity index (χ0v) is 10.1. The first-order chi connectivity index (χ1) is 8.15. The maximum atomic E-state index is 10.5. The summed E-state index contributed by atoms with van der Waals surface area (Å²) in [6, 6.07) is 7.65. The van der Waals surface area contributed by atoms with Crippen molar-refractivity contribution in [1.29, 1.82) is 0 Å². The standard InChI is InChI=1S/C13H17NO3/c1-14(9-10-17-2)12-6-4-3-5-11(12)7-8-13(15)16/h3-8H,9-10H2,1-2H3,(H,15,16)/b8-7+. The van der Waals surface area contributed by atoms with Crippen molar-refractivity contribution >= 4 is 17.7 Å². The van der Waals surface area contributed by atoms with Crippen molar-refractivity contribution in [1.82, 2.24) is 0 Å². The van der Waals surface area contributed by atoms with Gasteiger partial charge in [-0.05, 0) is 17.7 Å². The Hall–Kier alpha value is -1.81. The molecule has 0 atom stereocenters. The first kappa shape index (κ1) is 13.3. The average Bonchev–Trinajstić information content (AvgIpc) is 2.33. The summed E-state index contributed by atoms with van der Waals surface area (Å²) in [5, 5.41) is 8.63. The van der Waals surface area contributed by atoms with Crippen LogP contribution in [0.5, 0.6) is 0 Å². The second-order valence-electron chi connectivity index (χ2n) is 3.64. The minimum absolute atomic E-state index is 0.632. The number of likely N-dealkylation sites (N-methyl/N-ethyl adjacent to an activating group) is 1. The van der Waals surface area contributed by atoms with E-state index in [1.165, 1.54) is 0 Å². The van der Waals surface area contributed by atoms with E-state index in [1.54, 1.807) is 13.2 Å². The Bertz CT molecular complexity index is 401. The summed E-state index contributed by atoms with van der Waals surface area (Å²) in [4.78, 5) is 12.5. The molecule has 0 amide bonds. The molecule has 92 valence electrons. The van der Waals surface area contributed by atoms with Crippen molar-refractivity contribution in [2.75, 3.05) is 32.2 Å². The summed E-state index contributed by atoms with van der Waals surface area (Å²) in [6.45, 7) is 1.39. The third-order valence-electron chi connectivity index (χ3n) is 2.38. The Morgan fingerprint density at radius 2 is 2.18 bits per heavy atom. The van der Waals surface area contributed by atoms with Gasteiger partial charge in [-0.25, -0.2) is 4.79 Å². The van der Waals surface area contributed by atoms with Gasteiger partial charge in [0, 0.05) is 32.5 Å². The number of aliphatic carboxylic acids is 1. The van der Waals surface area contributed by atoms with Crippen molar-refractivity contribution in [3.63, 3.8) is 0 Å². The van der Waals surface area contributed by atoms with Gasteiger partial charge in [0.05, 0.1) is 6.61 Å². The Kier molecular flexibility index (Phi) is 5.23. The average molecular weight is 235 g/mol. The number of rotatable bonds is 6. The number of nitrogens with zero attached hydrogens (tertiary/aromatic N) is 1. The van der Waals surface area contributed by atoms with Crippen LogP contribution in [0.25, 0.3) is 6.08 Å².